The monoisotopic (exact) mass is 443 g/mol. The molecule has 162 valence electrons. The molecule has 1 amide bonds. The van der Waals surface area contributed by atoms with Gasteiger partial charge in [-0.3, -0.25) is 9.69 Å². The Labute approximate surface area is 185 Å². The van der Waals surface area contributed by atoms with E-state index in [1.54, 1.807) is 27.8 Å². The minimum Gasteiger partial charge on any atom is -0.494 e. The first-order chi connectivity index (χ1) is 14.9. The van der Waals surface area contributed by atoms with E-state index in [2.05, 4.69) is 15.0 Å². The first-order valence-corrected chi connectivity index (χ1v) is 10.4. The average Bonchev–Trinajstić information content (AvgIpc) is 3.16. The molecule has 31 heavy (non-hydrogen) atoms. The molecule has 0 radical (unpaired) electrons. The van der Waals surface area contributed by atoms with Crippen LogP contribution in [0.15, 0.2) is 42.5 Å². The normalized spacial score (nSPS) is 14.6. The third-order valence-corrected chi connectivity index (χ3v) is 5.57. The van der Waals surface area contributed by atoms with Crippen molar-refractivity contribution >= 4 is 17.5 Å². The van der Waals surface area contributed by atoms with Crippen LogP contribution in [0.5, 0.6) is 5.75 Å². The van der Waals surface area contributed by atoms with Crippen molar-refractivity contribution in [1.29, 1.82) is 0 Å². The van der Waals surface area contributed by atoms with Gasteiger partial charge in [0.2, 0.25) is 5.82 Å². The Morgan fingerprint density at radius 1 is 1.13 bits per heavy atom. The second-order valence-electron chi connectivity index (χ2n) is 7.41. The third-order valence-electron chi connectivity index (χ3n) is 5.31. The average molecular weight is 444 g/mol. The van der Waals surface area contributed by atoms with Gasteiger partial charge in [0.1, 0.15) is 5.82 Å². The van der Waals surface area contributed by atoms with Crippen LogP contribution in [0.3, 0.4) is 0 Å². The van der Waals surface area contributed by atoms with E-state index in [-0.39, 0.29) is 23.3 Å². The second-order valence-corrected chi connectivity index (χ2v) is 7.84. The minimum atomic E-state index is -0.369. The fourth-order valence-corrected chi connectivity index (χ4v) is 3.75. The van der Waals surface area contributed by atoms with Crippen molar-refractivity contribution in [3.05, 3.63) is 70.5 Å². The van der Waals surface area contributed by atoms with E-state index in [0.717, 1.165) is 11.3 Å². The highest BCUT2D eigenvalue weighted by Gasteiger charge is 2.26. The van der Waals surface area contributed by atoms with Gasteiger partial charge in [0.15, 0.2) is 11.6 Å². The lowest BCUT2D eigenvalue weighted by atomic mass is 10.2. The fourth-order valence-electron chi connectivity index (χ4n) is 3.62. The number of carbonyl (C=O) groups is 1. The minimum absolute atomic E-state index is 0.179. The molecule has 3 aromatic rings. The summed E-state index contributed by atoms with van der Waals surface area (Å²) >= 11 is 5.95. The molecule has 1 aromatic heterocycles. The summed E-state index contributed by atoms with van der Waals surface area (Å²) < 4.78 is 20.5. The molecule has 0 unspecified atom stereocenters. The number of methoxy groups -OCH3 is 1. The molecule has 0 N–H and O–H groups in total. The summed E-state index contributed by atoms with van der Waals surface area (Å²) in [5.41, 5.74) is 1.67. The number of hydrogen-bond acceptors (Lipinski definition) is 5. The Morgan fingerprint density at radius 3 is 2.48 bits per heavy atom. The van der Waals surface area contributed by atoms with Crippen LogP contribution in [0.4, 0.5) is 4.39 Å². The highest BCUT2D eigenvalue weighted by Crippen LogP contribution is 2.20. The molecular formula is C22H23ClFN5O2. The van der Waals surface area contributed by atoms with Crippen LogP contribution in [-0.2, 0) is 6.54 Å². The summed E-state index contributed by atoms with van der Waals surface area (Å²) in [5, 5.41) is 5.03. The quantitative estimate of drug-likeness (QED) is 0.605. The van der Waals surface area contributed by atoms with Gasteiger partial charge in [-0.15, -0.1) is 5.10 Å². The van der Waals surface area contributed by atoms with Crippen molar-refractivity contribution in [2.45, 2.75) is 13.5 Å². The number of halogens is 2. The van der Waals surface area contributed by atoms with Crippen LogP contribution in [0.2, 0.25) is 5.02 Å². The molecule has 4 rings (SSSR count). The highest BCUT2D eigenvalue weighted by atomic mass is 35.5. The van der Waals surface area contributed by atoms with Crippen molar-refractivity contribution < 1.29 is 13.9 Å². The second kappa shape index (κ2) is 9.03. The molecule has 7 nitrogen and oxygen atoms in total. The largest absolute Gasteiger partial charge is 0.494 e. The zero-order valence-electron chi connectivity index (χ0n) is 17.4. The Hall–Kier alpha value is -2.97. The van der Waals surface area contributed by atoms with Crippen LogP contribution < -0.4 is 4.74 Å². The number of aryl methyl sites for hydroxylation is 1. The molecule has 0 aliphatic carbocycles. The number of rotatable bonds is 5. The van der Waals surface area contributed by atoms with Gasteiger partial charge in [-0.25, -0.2) is 14.1 Å². The van der Waals surface area contributed by atoms with Crippen molar-refractivity contribution in [2.75, 3.05) is 33.3 Å². The molecule has 2 aromatic carbocycles. The zero-order valence-corrected chi connectivity index (χ0v) is 18.1. The number of aromatic nitrogens is 3. The summed E-state index contributed by atoms with van der Waals surface area (Å²) in [4.78, 5) is 21.2. The predicted octanol–water partition coefficient (Wildman–Crippen LogP) is 3.33. The number of piperazine rings is 1. The first-order valence-electron chi connectivity index (χ1n) is 9.98. The Bertz CT molecular complexity index is 1080. The lowest BCUT2D eigenvalue weighted by molar-refractivity contribution is 0.0616. The molecule has 9 heteroatoms. The molecule has 0 saturated carbocycles. The van der Waals surface area contributed by atoms with E-state index in [1.807, 2.05) is 25.1 Å². The van der Waals surface area contributed by atoms with Gasteiger partial charge < -0.3 is 9.64 Å². The van der Waals surface area contributed by atoms with Crippen LogP contribution in [0.25, 0.3) is 5.69 Å². The van der Waals surface area contributed by atoms with Crippen LogP contribution >= 0.6 is 11.6 Å². The van der Waals surface area contributed by atoms with Crippen LogP contribution in [0, 0.1) is 12.7 Å². The molecule has 0 bridgehead atoms. The lowest BCUT2D eigenvalue weighted by Crippen LogP contribution is -2.48. The van der Waals surface area contributed by atoms with E-state index >= 15 is 0 Å². The first kappa shape index (κ1) is 21.3. The van der Waals surface area contributed by atoms with E-state index in [1.165, 1.54) is 13.2 Å². The maximum atomic E-state index is 13.9. The molecule has 1 aliphatic heterocycles. The number of nitrogens with zero attached hydrogens (tertiary/aromatic N) is 5. The summed E-state index contributed by atoms with van der Waals surface area (Å²) in [6.45, 7) is 4.93. The molecule has 1 aliphatic rings. The number of carbonyl (C=O) groups excluding carboxylic acids is 1. The van der Waals surface area contributed by atoms with E-state index in [0.29, 0.717) is 43.6 Å². The summed E-state index contributed by atoms with van der Waals surface area (Å²) in [5.74, 6) is 0.487. The van der Waals surface area contributed by atoms with E-state index in [9.17, 15) is 9.18 Å². The molecule has 0 spiro atoms. The number of hydrogen-bond donors (Lipinski definition) is 0. The van der Waals surface area contributed by atoms with Crippen LogP contribution in [-0.4, -0.2) is 63.8 Å². The smallest absolute Gasteiger partial charge is 0.293 e. The maximum absolute atomic E-state index is 13.9. The Morgan fingerprint density at radius 2 is 1.84 bits per heavy atom. The fraction of sp³-hybridized carbons (Fsp3) is 0.318. The van der Waals surface area contributed by atoms with Gasteiger partial charge in [-0.1, -0.05) is 17.7 Å². The molecule has 0 atom stereocenters. The number of amides is 1. The number of benzene rings is 2. The van der Waals surface area contributed by atoms with Crippen molar-refractivity contribution in [1.82, 2.24) is 24.6 Å². The van der Waals surface area contributed by atoms with Gasteiger partial charge in [-0.05, 0) is 48.9 Å². The van der Waals surface area contributed by atoms with Gasteiger partial charge in [0, 0.05) is 37.7 Å². The predicted molar refractivity (Wildman–Crippen MR) is 115 cm³/mol. The van der Waals surface area contributed by atoms with E-state index < -0.39 is 0 Å². The van der Waals surface area contributed by atoms with Gasteiger partial charge in [-0.2, -0.15) is 0 Å². The van der Waals surface area contributed by atoms with Crippen molar-refractivity contribution in [3.8, 4) is 11.4 Å². The third kappa shape index (κ3) is 4.70. The van der Waals surface area contributed by atoms with Crippen molar-refractivity contribution in [2.24, 2.45) is 0 Å². The molecule has 1 fully saturated rings. The Kier molecular flexibility index (Phi) is 6.20. The topological polar surface area (TPSA) is 63.5 Å². The molecule has 1 saturated heterocycles. The van der Waals surface area contributed by atoms with Gasteiger partial charge in [0.05, 0.1) is 12.8 Å². The SMILES string of the molecule is COc1ccc(CN2CCN(C(=O)c3nc(C)n(-c4ccc(Cl)cc4)n3)CC2)cc1F. The van der Waals surface area contributed by atoms with Crippen LogP contribution in [0.1, 0.15) is 22.0 Å². The lowest BCUT2D eigenvalue weighted by Gasteiger charge is -2.34. The van der Waals surface area contributed by atoms with Crippen molar-refractivity contribution in [3.63, 3.8) is 0 Å². The summed E-state index contributed by atoms with van der Waals surface area (Å²) in [6, 6.07) is 12.2. The summed E-state index contributed by atoms with van der Waals surface area (Å²) in [6.07, 6.45) is 0. The molecule has 2 heterocycles. The zero-order chi connectivity index (χ0) is 22.0. The van der Waals surface area contributed by atoms with Gasteiger partial charge in [0.25, 0.3) is 5.91 Å². The molecular weight excluding hydrogens is 421 g/mol. The summed E-state index contributed by atoms with van der Waals surface area (Å²) in [7, 11) is 1.45. The van der Waals surface area contributed by atoms with E-state index in [4.69, 9.17) is 16.3 Å². The maximum Gasteiger partial charge on any atom is 0.293 e. The Balaban J connectivity index is 1.38. The number of ether oxygens (including phenoxy) is 1. The standard InChI is InChI=1S/C22H23ClFN5O2/c1-15-25-21(26-29(15)18-6-4-17(23)5-7-18)22(30)28-11-9-27(10-12-28)14-16-3-8-20(31-2)19(24)13-16/h3-8,13H,9-12,14H2,1-2H3. The van der Waals surface area contributed by atoms with Gasteiger partial charge >= 0.3 is 0 Å². The highest BCUT2D eigenvalue weighted by molar-refractivity contribution is 6.30.